The lowest BCUT2D eigenvalue weighted by Gasteiger charge is -2.40. The summed E-state index contributed by atoms with van der Waals surface area (Å²) in [5.41, 5.74) is 1.69. The standard InChI is InChI=1S/C21H35FN4O3/c22-21(6-7-21)20(27)26-8-4-15(5-9-26)18-23-19(29-24-18)16-2-1-3-17(14-16)25-10-12-28-13-11-25/h15-19,23-24H,1-14H2. The van der Waals surface area contributed by atoms with Crippen LogP contribution in [-0.2, 0) is 14.4 Å². The number of nitrogens with one attached hydrogen (secondary N) is 2. The Kier molecular flexibility index (Phi) is 5.82. The third-order valence-electron chi connectivity index (χ3n) is 7.71. The maximum atomic E-state index is 14.1. The number of carbonyl (C=O) groups excluding carboxylic acids is 1. The number of ether oxygens (including phenoxy) is 1. The topological polar surface area (TPSA) is 66.1 Å². The summed E-state index contributed by atoms with van der Waals surface area (Å²) >= 11 is 0. The minimum atomic E-state index is -1.54. The Hall–Kier alpha value is -0.800. The van der Waals surface area contributed by atoms with E-state index in [1.54, 1.807) is 4.90 Å². The van der Waals surface area contributed by atoms with Crippen LogP contribution in [0.1, 0.15) is 51.4 Å². The first-order valence-electron chi connectivity index (χ1n) is 11.6. The highest BCUT2D eigenvalue weighted by Crippen LogP contribution is 2.42. The lowest BCUT2D eigenvalue weighted by atomic mass is 9.83. The SMILES string of the molecule is O=C(N1CCC(C2NOC(C3CCCC(N4CCOCC4)C3)N2)CC1)C1(F)CC1. The van der Waals surface area contributed by atoms with E-state index in [1.165, 1.54) is 25.7 Å². The largest absolute Gasteiger partial charge is 0.379 e. The van der Waals surface area contributed by atoms with Gasteiger partial charge in [0.2, 0.25) is 0 Å². The van der Waals surface area contributed by atoms with Crippen molar-refractivity contribution < 1.29 is 18.8 Å². The molecule has 0 spiro atoms. The van der Waals surface area contributed by atoms with Gasteiger partial charge in [0.15, 0.2) is 5.67 Å². The van der Waals surface area contributed by atoms with Crippen LogP contribution in [0.25, 0.3) is 0 Å². The number of halogens is 1. The molecule has 0 aromatic heterocycles. The normalized spacial score (nSPS) is 38.9. The van der Waals surface area contributed by atoms with E-state index in [9.17, 15) is 9.18 Å². The van der Waals surface area contributed by atoms with E-state index >= 15 is 0 Å². The van der Waals surface area contributed by atoms with Crippen molar-refractivity contribution in [1.29, 1.82) is 0 Å². The van der Waals surface area contributed by atoms with Crippen LogP contribution in [0.5, 0.6) is 0 Å². The Bertz CT molecular complexity index is 590. The van der Waals surface area contributed by atoms with E-state index < -0.39 is 5.67 Å². The zero-order valence-corrected chi connectivity index (χ0v) is 17.3. The summed E-state index contributed by atoms with van der Waals surface area (Å²) in [5, 5.41) is 3.69. The minimum absolute atomic E-state index is 0.0593. The van der Waals surface area contributed by atoms with Crippen LogP contribution in [0.3, 0.4) is 0 Å². The number of hydrogen-bond donors (Lipinski definition) is 2. The van der Waals surface area contributed by atoms with Gasteiger partial charge in [-0.2, -0.15) is 5.48 Å². The van der Waals surface area contributed by atoms with Crippen molar-refractivity contribution in [2.45, 2.75) is 75.5 Å². The molecule has 3 saturated heterocycles. The van der Waals surface area contributed by atoms with Gasteiger partial charge in [-0.15, -0.1) is 0 Å². The van der Waals surface area contributed by atoms with Gasteiger partial charge in [0.25, 0.3) is 5.91 Å². The van der Waals surface area contributed by atoms with Crippen LogP contribution in [-0.4, -0.2) is 79.2 Å². The molecule has 7 nitrogen and oxygen atoms in total. The molecule has 2 N–H and O–H groups in total. The Labute approximate surface area is 172 Å². The van der Waals surface area contributed by atoms with Crippen LogP contribution >= 0.6 is 0 Å². The zero-order valence-electron chi connectivity index (χ0n) is 17.3. The number of likely N-dealkylation sites (tertiary alicyclic amines) is 1. The highest BCUT2D eigenvalue weighted by molar-refractivity contribution is 5.88. The summed E-state index contributed by atoms with van der Waals surface area (Å²) in [6.07, 6.45) is 7.70. The van der Waals surface area contributed by atoms with Crippen molar-refractivity contribution in [1.82, 2.24) is 20.6 Å². The second-order valence-corrected chi connectivity index (χ2v) is 9.62. The molecule has 4 atom stereocenters. The lowest BCUT2D eigenvalue weighted by Crippen LogP contribution is -2.50. The van der Waals surface area contributed by atoms with Crippen LogP contribution in [0.2, 0.25) is 0 Å². The predicted molar refractivity (Wildman–Crippen MR) is 105 cm³/mol. The van der Waals surface area contributed by atoms with E-state index in [0.717, 1.165) is 39.1 Å². The van der Waals surface area contributed by atoms with Gasteiger partial charge in [0.1, 0.15) is 6.23 Å². The highest BCUT2D eigenvalue weighted by Gasteiger charge is 2.53. The van der Waals surface area contributed by atoms with Crippen molar-refractivity contribution in [3.63, 3.8) is 0 Å². The average Bonchev–Trinajstić information content (AvgIpc) is 3.34. The quantitative estimate of drug-likeness (QED) is 0.730. The smallest absolute Gasteiger partial charge is 0.260 e. The summed E-state index contributed by atoms with van der Waals surface area (Å²) in [5.74, 6) is 0.656. The van der Waals surface area contributed by atoms with Crippen LogP contribution < -0.4 is 10.8 Å². The van der Waals surface area contributed by atoms with Crippen molar-refractivity contribution in [3.8, 4) is 0 Å². The number of morpholine rings is 1. The summed E-state index contributed by atoms with van der Waals surface area (Å²) in [7, 11) is 0. The number of nitrogens with zero attached hydrogens (tertiary/aromatic N) is 2. The molecule has 5 aliphatic rings. The molecule has 1 amide bonds. The third kappa shape index (κ3) is 4.32. The van der Waals surface area contributed by atoms with Gasteiger partial charge in [-0.3, -0.25) is 19.8 Å². The summed E-state index contributed by atoms with van der Waals surface area (Å²) in [4.78, 5) is 22.5. The van der Waals surface area contributed by atoms with Crippen molar-refractivity contribution in [2.24, 2.45) is 11.8 Å². The number of carbonyl (C=O) groups is 1. The number of hydroxylamine groups is 1. The van der Waals surface area contributed by atoms with E-state index in [-0.39, 0.29) is 18.3 Å². The lowest BCUT2D eigenvalue weighted by molar-refractivity contribution is -0.139. The second-order valence-electron chi connectivity index (χ2n) is 9.62. The van der Waals surface area contributed by atoms with E-state index in [0.29, 0.717) is 43.8 Å². The Morgan fingerprint density at radius 1 is 1.00 bits per heavy atom. The molecule has 29 heavy (non-hydrogen) atoms. The number of rotatable bonds is 4. The second kappa shape index (κ2) is 8.38. The maximum absolute atomic E-state index is 14.1. The monoisotopic (exact) mass is 410 g/mol. The molecule has 0 aromatic carbocycles. The van der Waals surface area contributed by atoms with Crippen LogP contribution in [0.15, 0.2) is 0 Å². The third-order valence-corrected chi connectivity index (χ3v) is 7.71. The maximum Gasteiger partial charge on any atom is 0.260 e. The van der Waals surface area contributed by atoms with Crippen LogP contribution in [0.4, 0.5) is 4.39 Å². The number of amides is 1. The first kappa shape index (κ1) is 20.1. The fourth-order valence-electron chi connectivity index (χ4n) is 5.65. The van der Waals surface area contributed by atoms with Crippen molar-refractivity contribution >= 4 is 5.91 Å². The van der Waals surface area contributed by atoms with E-state index in [1.807, 2.05) is 0 Å². The molecule has 8 heteroatoms. The molecule has 0 radical (unpaired) electrons. The van der Waals surface area contributed by atoms with Gasteiger partial charge < -0.3 is 9.64 Å². The minimum Gasteiger partial charge on any atom is -0.379 e. The molecular formula is C21H35FN4O3. The van der Waals surface area contributed by atoms with Gasteiger partial charge in [-0.1, -0.05) is 6.42 Å². The van der Waals surface area contributed by atoms with E-state index in [2.05, 4.69) is 15.7 Å². The molecule has 3 aliphatic heterocycles. The van der Waals surface area contributed by atoms with Gasteiger partial charge in [0.05, 0.1) is 19.4 Å². The molecule has 0 aromatic rings. The molecule has 5 fully saturated rings. The Morgan fingerprint density at radius 2 is 1.76 bits per heavy atom. The van der Waals surface area contributed by atoms with Crippen LogP contribution in [0, 0.1) is 11.8 Å². The zero-order chi connectivity index (χ0) is 19.8. The first-order chi connectivity index (χ1) is 14.1. The summed E-state index contributed by atoms with van der Waals surface area (Å²) in [6, 6.07) is 0.645. The molecule has 2 saturated carbocycles. The molecular weight excluding hydrogens is 375 g/mol. The number of hydrogen-bond acceptors (Lipinski definition) is 6. The van der Waals surface area contributed by atoms with E-state index in [4.69, 9.17) is 9.57 Å². The number of alkyl halides is 1. The fourth-order valence-corrected chi connectivity index (χ4v) is 5.65. The van der Waals surface area contributed by atoms with Crippen molar-refractivity contribution in [3.05, 3.63) is 0 Å². The molecule has 3 heterocycles. The molecule has 164 valence electrons. The Morgan fingerprint density at radius 3 is 2.48 bits per heavy atom. The Balaban J connectivity index is 1.09. The highest BCUT2D eigenvalue weighted by atomic mass is 19.1. The summed E-state index contributed by atoms with van der Waals surface area (Å²) in [6.45, 7) is 5.12. The van der Waals surface area contributed by atoms with Gasteiger partial charge >= 0.3 is 0 Å². The molecule has 0 bridgehead atoms. The fraction of sp³-hybridized carbons (Fsp3) is 0.952. The number of piperidine rings is 1. The van der Waals surface area contributed by atoms with Gasteiger partial charge in [-0.05, 0) is 50.9 Å². The first-order valence-corrected chi connectivity index (χ1v) is 11.6. The predicted octanol–water partition coefficient (Wildman–Crippen LogP) is 1.39. The van der Waals surface area contributed by atoms with Gasteiger partial charge in [-0.25, -0.2) is 4.39 Å². The van der Waals surface area contributed by atoms with Crippen molar-refractivity contribution in [2.75, 3.05) is 39.4 Å². The summed E-state index contributed by atoms with van der Waals surface area (Å²) < 4.78 is 19.6. The average molecular weight is 411 g/mol. The van der Waals surface area contributed by atoms with Gasteiger partial charge in [0, 0.05) is 38.1 Å². The molecule has 5 rings (SSSR count). The molecule has 2 aliphatic carbocycles. The molecule has 4 unspecified atom stereocenters.